The van der Waals surface area contributed by atoms with Crippen LogP contribution in [-0.4, -0.2) is 25.7 Å². The Kier molecular flexibility index (Phi) is 6.26. The molecule has 0 aromatic heterocycles. The fourth-order valence-electron chi connectivity index (χ4n) is 3.54. The molecule has 1 fully saturated rings. The molecule has 1 aromatic rings. The highest BCUT2D eigenvalue weighted by atomic mass is 35.5. The lowest BCUT2D eigenvalue weighted by Crippen LogP contribution is -2.47. The van der Waals surface area contributed by atoms with Crippen LogP contribution >= 0.6 is 23.2 Å². The Morgan fingerprint density at radius 3 is 2.48 bits per heavy atom. The molecule has 1 amide bonds. The molecule has 138 valence electrons. The number of halogens is 2. The van der Waals surface area contributed by atoms with Crippen LogP contribution in [0.25, 0.3) is 0 Å². The van der Waals surface area contributed by atoms with Crippen molar-refractivity contribution in [1.82, 2.24) is 0 Å². The number of rotatable bonds is 7. The molecule has 2 heterocycles. The van der Waals surface area contributed by atoms with Crippen LogP contribution in [0.1, 0.15) is 57.4 Å². The van der Waals surface area contributed by atoms with Crippen molar-refractivity contribution in [2.45, 2.75) is 57.7 Å². The highest BCUT2D eigenvalue weighted by Crippen LogP contribution is 2.50. The molecule has 4 nitrogen and oxygen atoms in total. The Morgan fingerprint density at radius 1 is 1.08 bits per heavy atom. The van der Waals surface area contributed by atoms with Gasteiger partial charge in [0.1, 0.15) is 0 Å². The van der Waals surface area contributed by atoms with Gasteiger partial charge in [-0.05, 0) is 25.0 Å². The van der Waals surface area contributed by atoms with Gasteiger partial charge in [0.25, 0.3) is 11.7 Å². The van der Waals surface area contributed by atoms with Crippen LogP contribution in [0, 0.1) is 0 Å². The maximum atomic E-state index is 13.1. The molecule has 2 aliphatic heterocycles. The van der Waals surface area contributed by atoms with Crippen LogP contribution in [0.4, 0.5) is 5.69 Å². The molecular weight excluding hydrogens is 361 g/mol. The van der Waals surface area contributed by atoms with Crippen molar-refractivity contribution in [2.75, 3.05) is 24.7 Å². The number of amides is 1. The van der Waals surface area contributed by atoms with Crippen LogP contribution in [-0.2, 0) is 20.1 Å². The second-order valence-electron chi connectivity index (χ2n) is 6.65. The summed E-state index contributed by atoms with van der Waals surface area (Å²) in [6, 6.07) is 3.50. The van der Waals surface area contributed by atoms with E-state index in [4.69, 9.17) is 32.7 Å². The minimum atomic E-state index is -1.34. The molecule has 0 N–H and O–H groups in total. The van der Waals surface area contributed by atoms with E-state index in [9.17, 15) is 4.79 Å². The Hall–Kier alpha value is -0.810. The summed E-state index contributed by atoms with van der Waals surface area (Å²) < 4.78 is 11.7. The predicted molar refractivity (Wildman–Crippen MR) is 100 cm³/mol. The summed E-state index contributed by atoms with van der Waals surface area (Å²) >= 11 is 12.6. The summed E-state index contributed by atoms with van der Waals surface area (Å²) in [6.07, 6.45) is 7.71. The summed E-state index contributed by atoms with van der Waals surface area (Å²) in [5.41, 5.74) is 1.33. The molecule has 0 unspecified atom stereocenters. The van der Waals surface area contributed by atoms with Crippen molar-refractivity contribution in [3.63, 3.8) is 0 Å². The average Bonchev–Trinajstić information content (AvgIpc) is 2.84. The lowest BCUT2D eigenvalue weighted by molar-refractivity contribution is -0.256. The lowest BCUT2D eigenvalue weighted by atomic mass is 10.1. The first-order valence-electron chi connectivity index (χ1n) is 9.20. The number of unbranched alkanes of at least 4 members (excludes halogenated alkanes) is 5. The Balaban J connectivity index is 1.80. The predicted octanol–water partition coefficient (Wildman–Crippen LogP) is 5.29. The molecular formula is C19H25Cl2NO3. The first-order chi connectivity index (χ1) is 12.1. The molecule has 3 rings (SSSR count). The van der Waals surface area contributed by atoms with E-state index in [1.807, 2.05) is 0 Å². The van der Waals surface area contributed by atoms with Gasteiger partial charge in [-0.3, -0.25) is 4.79 Å². The summed E-state index contributed by atoms with van der Waals surface area (Å²) in [5, 5.41) is 0.835. The van der Waals surface area contributed by atoms with E-state index in [2.05, 4.69) is 6.92 Å². The number of fused-ring (bicyclic) bond motifs is 2. The van der Waals surface area contributed by atoms with Crippen molar-refractivity contribution >= 4 is 34.8 Å². The van der Waals surface area contributed by atoms with Crippen LogP contribution in [0.2, 0.25) is 10.0 Å². The summed E-state index contributed by atoms with van der Waals surface area (Å²) in [5.74, 6) is -1.52. The van der Waals surface area contributed by atoms with Crippen molar-refractivity contribution in [3.05, 3.63) is 27.7 Å². The SMILES string of the molecule is CCCCCCCCN1C(=O)C2(OCCCO2)c2ccc(Cl)c(Cl)c21. The van der Waals surface area contributed by atoms with Gasteiger partial charge in [-0.1, -0.05) is 62.2 Å². The minimum Gasteiger partial charge on any atom is -0.338 e. The Morgan fingerprint density at radius 2 is 1.76 bits per heavy atom. The second kappa shape index (κ2) is 8.26. The first-order valence-corrected chi connectivity index (χ1v) is 9.95. The van der Waals surface area contributed by atoms with Crippen LogP contribution < -0.4 is 4.90 Å². The molecule has 1 aromatic carbocycles. The van der Waals surface area contributed by atoms with Gasteiger partial charge in [-0.25, -0.2) is 0 Å². The normalized spacial score (nSPS) is 18.8. The van der Waals surface area contributed by atoms with Gasteiger partial charge in [0.2, 0.25) is 0 Å². The average molecular weight is 386 g/mol. The number of anilines is 1. The smallest absolute Gasteiger partial charge is 0.292 e. The summed E-state index contributed by atoms with van der Waals surface area (Å²) in [4.78, 5) is 14.8. The van der Waals surface area contributed by atoms with E-state index in [1.54, 1.807) is 17.0 Å². The minimum absolute atomic E-state index is 0.181. The molecule has 1 saturated heterocycles. The number of ether oxygens (including phenoxy) is 2. The zero-order valence-corrected chi connectivity index (χ0v) is 16.2. The van der Waals surface area contributed by atoms with Gasteiger partial charge in [0.15, 0.2) is 0 Å². The lowest BCUT2D eigenvalue weighted by Gasteiger charge is -2.32. The molecule has 0 radical (unpaired) electrons. The standard InChI is InChI=1S/C19H25Cl2NO3/c1-2-3-4-5-6-7-11-22-17-14(9-10-15(20)16(17)21)19(18(22)23)24-12-8-13-25-19/h9-10H,2-8,11-13H2,1H3. The van der Waals surface area contributed by atoms with Crippen LogP contribution in [0.15, 0.2) is 12.1 Å². The third kappa shape index (κ3) is 3.55. The first kappa shape index (κ1) is 19.0. The molecule has 0 bridgehead atoms. The topological polar surface area (TPSA) is 38.8 Å². The third-order valence-electron chi connectivity index (χ3n) is 4.85. The van der Waals surface area contributed by atoms with E-state index in [0.29, 0.717) is 41.1 Å². The summed E-state index contributed by atoms with van der Waals surface area (Å²) in [6.45, 7) is 3.80. The van der Waals surface area contributed by atoms with Crippen molar-refractivity contribution in [2.24, 2.45) is 0 Å². The van der Waals surface area contributed by atoms with E-state index >= 15 is 0 Å². The number of carbonyl (C=O) groups is 1. The summed E-state index contributed by atoms with van der Waals surface area (Å²) in [7, 11) is 0. The van der Waals surface area contributed by atoms with Crippen molar-refractivity contribution < 1.29 is 14.3 Å². The fourth-order valence-corrected chi connectivity index (χ4v) is 3.96. The molecule has 25 heavy (non-hydrogen) atoms. The molecule has 0 saturated carbocycles. The maximum absolute atomic E-state index is 13.1. The third-order valence-corrected chi connectivity index (χ3v) is 5.65. The second-order valence-corrected chi connectivity index (χ2v) is 7.43. The molecule has 6 heteroatoms. The van der Waals surface area contributed by atoms with Gasteiger partial charge in [-0.2, -0.15) is 0 Å². The van der Waals surface area contributed by atoms with Crippen molar-refractivity contribution in [3.8, 4) is 0 Å². The van der Waals surface area contributed by atoms with E-state index < -0.39 is 5.79 Å². The van der Waals surface area contributed by atoms with Gasteiger partial charge in [0.05, 0.1) is 28.9 Å². The largest absolute Gasteiger partial charge is 0.338 e. The monoisotopic (exact) mass is 385 g/mol. The zero-order valence-electron chi connectivity index (χ0n) is 14.7. The van der Waals surface area contributed by atoms with Crippen LogP contribution in [0.3, 0.4) is 0 Å². The zero-order chi connectivity index (χ0) is 17.9. The van der Waals surface area contributed by atoms with Crippen molar-refractivity contribution in [1.29, 1.82) is 0 Å². The molecule has 1 spiro atoms. The maximum Gasteiger partial charge on any atom is 0.292 e. The van der Waals surface area contributed by atoms with E-state index in [1.165, 1.54) is 25.7 Å². The molecule has 2 aliphatic rings. The van der Waals surface area contributed by atoms with E-state index in [0.717, 1.165) is 19.3 Å². The highest BCUT2D eigenvalue weighted by molar-refractivity contribution is 6.44. The molecule has 0 aliphatic carbocycles. The number of nitrogens with zero attached hydrogens (tertiary/aromatic N) is 1. The van der Waals surface area contributed by atoms with Gasteiger partial charge >= 0.3 is 0 Å². The van der Waals surface area contributed by atoms with Gasteiger partial charge < -0.3 is 14.4 Å². The van der Waals surface area contributed by atoms with Crippen LogP contribution in [0.5, 0.6) is 0 Å². The fraction of sp³-hybridized carbons (Fsp3) is 0.632. The quantitative estimate of drug-likeness (QED) is 0.598. The Labute approximate surface area is 159 Å². The van der Waals surface area contributed by atoms with Gasteiger partial charge in [-0.15, -0.1) is 0 Å². The number of carbonyl (C=O) groups excluding carboxylic acids is 1. The highest BCUT2D eigenvalue weighted by Gasteiger charge is 2.55. The Bertz CT molecular complexity index is 629. The number of hydrogen-bond acceptors (Lipinski definition) is 3. The molecule has 0 atom stereocenters. The number of hydrogen-bond donors (Lipinski definition) is 0. The van der Waals surface area contributed by atoms with Gasteiger partial charge in [0, 0.05) is 12.1 Å². The number of benzene rings is 1. The van der Waals surface area contributed by atoms with E-state index in [-0.39, 0.29) is 5.91 Å².